The van der Waals surface area contributed by atoms with Crippen molar-refractivity contribution in [3.8, 4) is 11.3 Å². The summed E-state index contributed by atoms with van der Waals surface area (Å²) in [7, 11) is 1.76. The van der Waals surface area contributed by atoms with Gasteiger partial charge < -0.3 is 5.32 Å². The molecule has 0 aliphatic rings. The second kappa shape index (κ2) is 6.06. The average Bonchev–Trinajstić information content (AvgIpc) is 3.21. The van der Waals surface area contributed by atoms with Gasteiger partial charge in [-0.25, -0.2) is 9.67 Å². The summed E-state index contributed by atoms with van der Waals surface area (Å²) in [6, 6.07) is 7.36. The van der Waals surface area contributed by atoms with Crippen molar-refractivity contribution in [1.29, 1.82) is 0 Å². The number of anilines is 1. The van der Waals surface area contributed by atoms with Gasteiger partial charge in [-0.2, -0.15) is 0 Å². The molecule has 0 radical (unpaired) electrons. The van der Waals surface area contributed by atoms with Gasteiger partial charge in [-0.3, -0.25) is 9.78 Å². The van der Waals surface area contributed by atoms with Crippen LogP contribution in [0.4, 0.5) is 5.69 Å². The van der Waals surface area contributed by atoms with E-state index in [1.807, 2.05) is 18.4 Å². The fraction of sp³-hybridized carbons (Fsp3) is 0.118. The van der Waals surface area contributed by atoms with E-state index in [4.69, 9.17) is 0 Å². The fourth-order valence-corrected chi connectivity index (χ4v) is 3.24. The maximum Gasteiger partial charge on any atom is 0.257 e. The van der Waals surface area contributed by atoms with Crippen LogP contribution in [0.5, 0.6) is 0 Å². The van der Waals surface area contributed by atoms with Crippen LogP contribution in [-0.4, -0.2) is 30.9 Å². The van der Waals surface area contributed by atoms with E-state index < -0.39 is 0 Å². The Morgan fingerprint density at radius 2 is 2.16 bits per heavy atom. The van der Waals surface area contributed by atoms with E-state index in [2.05, 4.69) is 31.7 Å². The first-order chi connectivity index (χ1) is 12.1. The van der Waals surface area contributed by atoms with Crippen molar-refractivity contribution < 1.29 is 4.79 Å². The molecule has 0 spiro atoms. The Kier molecular flexibility index (Phi) is 3.73. The highest BCUT2D eigenvalue weighted by molar-refractivity contribution is 7.10. The molecule has 0 fully saturated rings. The maximum absolute atomic E-state index is 12.6. The normalized spacial score (nSPS) is 11.0. The summed E-state index contributed by atoms with van der Waals surface area (Å²) in [4.78, 5) is 22.5. The van der Waals surface area contributed by atoms with Gasteiger partial charge in [0.2, 0.25) is 0 Å². The summed E-state index contributed by atoms with van der Waals surface area (Å²) >= 11 is 1.65. The summed E-state index contributed by atoms with van der Waals surface area (Å²) < 4.78 is 1.56. The van der Waals surface area contributed by atoms with Crippen LogP contribution < -0.4 is 5.32 Å². The molecule has 7 nitrogen and oxygen atoms in total. The first-order valence-electron chi connectivity index (χ1n) is 7.59. The first-order valence-corrected chi connectivity index (χ1v) is 8.47. The van der Waals surface area contributed by atoms with Gasteiger partial charge >= 0.3 is 0 Å². The Labute approximate surface area is 147 Å². The Hall–Kier alpha value is -3.13. The maximum atomic E-state index is 12.6. The van der Waals surface area contributed by atoms with Gasteiger partial charge in [0.15, 0.2) is 5.65 Å². The van der Waals surface area contributed by atoms with Crippen LogP contribution in [-0.2, 0) is 7.05 Å². The van der Waals surface area contributed by atoms with Gasteiger partial charge in [0.05, 0.1) is 16.9 Å². The molecule has 0 unspecified atom stereocenters. The average molecular weight is 350 g/mol. The molecule has 0 aliphatic carbocycles. The number of carbonyl (C=O) groups excluding carboxylic acids is 1. The molecule has 0 saturated carbocycles. The van der Waals surface area contributed by atoms with Crippen LogP contribution in [0.15, 0.2) is 42.0 Å². The van der Waals surface area contributed by atoms with Gasteiger partial charge in [-0.1, -0.05) is 5.21 Å². The number of thiophene rings is 1. The van der Waals surface area contributed by atoms with Crippen molar-refractivity contribution >= 4 is 34.1 Å². The molecule has 0 aromatic carbocycles. The van der Waals surface area contributed by atoms with Crippen LogP contribution in [0.1, 0.15) is 15.2 Å². The van der Waals surface area contributed by atoms with E-state index in [0.29, 0.717) is 22.4 Å². The summed E-state index contributed by atoms with van der Waals surface area (Å²) in [5, 5.41) is 12.8. The quantitative estimate of drug-likeness (QED) is 0.614. The molecular weight excluding hydrogens is 336 g/mol. The van der Waals surface area contributed by atoms with E-state index in [-0.39, 0.29) is 5.91 Å². The minimum Gasteiger partial charge on any atom is -0.320 e. The predicted octanol–water partition coefficient (Wildman–Crippen LogP) is 3.05. The van der Waals surface area contributed by atoms with Crippen molar-refractivity contribution in [2.75, 3.05) is 5.32 Å². The molecule has 1 N–H and O–H groups in total. The van der Waals surface area contributed by atoms with E-state index in [1.165, 1.54) is 11.1 Å². The lowest BCUT2D eigenvalue weighted by molar-refractivity contribution is 0.102. The molecule has 0 aliphatic heterocycles. The van der Waals surface area contributed by atoms with Crippen LogP contribution in [0.3, 0.4) is 0 Å². The zero-order valence-electron chi connectivity index (χ0n) is 13.6. The molecule has 0 bridgehead atoms. The minimum atomic E-state index is -0.263. The zero-order chi connectivity index (χ0) is 17.4. The van der Waals surface area contributed by atoms with E-state index in [1.54, 1.807) is 41.4 Å². The molecule has 8 heteroatoms. The summed E-state index contributed by atoms with van der Waals surface area (Å²) in [5.41, 5.74) is 4.02. The second-order valence-electron chi connectivity index (χ2n) is 5.58. The Bertz CT molecular complexity index is 1080. The molecule has 4 aromatic rings. The lowest BCUT2D eigenvalue weighted by Crippen LogP contribution is -2.13. The summed E-state index contributed by atoms with van der Waals surface area (Å²) in [6.07, 6.45) is 3.23. The largest absolute Gasteiger partial charge is 0.320 e. The number of hydrogen-bond donors (Lipinski definition) is 1. The number of hydrogen-bond acceptors (Lipinski definition) is 6. The van der Waals surface area contributed by atoms with Gasteiger partial charge in [0.25, 0.3) is 5.91 Å². The third kappa shape index (κ3) is 2.87. The number of nitrogens with zero attached hydrogens (tertiary/aromatic N) is 5. The van der Waals surface area contributed by atoms with Crippen LogP contribution >= 0.6 is 11.3 Å². The zero-order valence-corrected chi connectivity index (χ0v) is 14.4. The third-order valence-corrected chi connectivity index (χ3v) is 4.62. The van der Waals surface area contributed by atoms with E-state index in [9.17, 15) is 4.79 Å². The molecule has 4 heterocycles. The molecule has 124 valence electrons. The molecule has 4 aromatic heterocycles. The Balaban J connectivity index is 1.66. The number of pyridine rings is 2. The van der Waals surface area contributed by atoms with E-state index >= 15 is 0 Å². The first kappa shape index (κ1) is 15.4. The molecule has 0 saturated heterocycles. The van der Waals surface area contributed by atoms with Crippen molar-refractivity contribution in [2.45, 2.75) is 6.92 Å². The highest BCUT2D eigenvalue weighted by Gasteiger charge is 2.14. The number of aromatic nitrogens is 5. The van der Waals surface area contributed by atoms with Gasteiger partial charge in [-0.15, -0.1) is 16.4 Å². The van der Waals surface area contributed by atoms with Crippen molar-refractivity contribution in [1.82, 2.24) is 25.0 Å². The highest BCUT2D eigenvalue weighted by Crippen LogP contribution is 2.29. The minimum absolute atomic E-state index is 0.263. The van der Waals surface area contributed by atoms with Gasteiger partial charge in [-0.05, 0) is 31.2 Å². The van der Waals surface area contributed by atoms with Crippen LogP contribution in [0, 0.1) is 6.92 Å². The van der Waals surface area contributed by atoms with Crippen LogP contribution in [0.25, 0.3) is 22.4 Å². The predicted molar refractivity (Wildman–Crippen MR) is 96.5 cm³/mol. The summed E-state index contributed by atoms with van der Waals surface area (Å²) in [5.74, 6) is -0.263. The number of rotatable bonds is 3. The van der Waals surface area contributed by atoms with Crippen molar-refractivity contribution in [2.24, 2.45) is 7.05 Å². The number of amides is 1. The topological polar surface area (TPSA) is 85.6 Å². The molecule has 0 atom stereocenters. The lowest BCUT2D eigenvalue weighted by atomic mass is 10.1. The number of fused-ring (bicyclic) bond motifs is 1. The van der Waals surface area contributed by atoms with E-state index in [0.717, 1.165) is 11.3 Å². The number of carbonyl (C=O) groups is 1. The monoisotopic (exact) mass is 350 g/mol. The van der Waals surface area contributed by atoms with Crippen molar-refractivity contribution in [3.63, 3.8) is 0 Å². The van der Waals surface area contributed by atoms with Gasteiger partial charge in [0, 0.05) is 35.3 Å². The second-order valence-corrected chi connectivity index (χ2v) is 6.69. The number of aryl methyl sites for hydroxylation is 2. The smallest absolute Gasteiger partial charge is 0.257 e. The SMILES string of the molecule is Cc1cc(-c2ncccc2NC(=O)c2cnc3c(c2)nnn3C)cs1. The molecule has 25 heavy (non-hydrogen) atoms. The summed E-state index contributed by atoms with van der Waals surface area (Å²) in [6.45, 7) is 2.04. The molecular formula is C17H14N6OS. The Morgan fingerprint density at radius 1 is 1.28 bits per heavy atom. The van der Waals surface area contributed by atoms with Crippen molar-refractivity contribution in [3.05, 3.63) is 52.5 Å². The fourth-order valence-electron chi connectivity index (χ4n) is 2.55. The standard InChI is InChI=1S/C17H14N6OS/c1-10-6-12(9-25-10)15-13(4-3-5-18-15)20-17(24)11-7-14-16(19-8-11)23(2)22-21-14/h3-9H,1-2H3,(H,20,24). The molecule has 1 amide bonds. The Morgan fingerprint density at radius 3 is 2.96 bits per heavy atom. The lowest BCUT2D eigenvalue weighted by Gasteiger charge is -2.09. The molecule has 4 rings (SSSR count). The number of nitrogens with one attached hydrogen (secondary N) is 1. The van der Waals surface area contributed by atoms with Gasteiger partial charge in [0.1, 0.15) is 5.52 Å². The third-order valence-electron chi connectivity index (χ3n) is 3.76. The van der Waals surface area contributed by atoms with Crippen LogP contribution in [0.2, 0.25) is 0 Å². The highest BCUT2D eigenvalue weighted by atomic mass is 32.1.